The summed E-state index contributed by atoms with van der Waals surface area (Å²) in [6.07, 6.45) is 3.79. The van der Waals surface area contributed by atoms with Gasteiger partial charge in [0.05, 0.1) is 22.9 Å². The number of amides is 1. The summed E-state index contributed by atoms with van der Waals surface area (Å²) in [7, 11) is 0. The minimum Gasteiger partial charge on any atom is -0.369 e. The Morgan fingerprint density at radius 2 is 1.79 bits per heavy atom. The average molecular weight is 527 g/mol. The number of carbonyl (C=O) groups is 1. The first-order chi connectivity index (χ1) is 18.5. The molecule has 0 unspecified atom stereocenters. The third kappa shape index (κ3) is 5.92. The van der Waals surface area contributed by atoms with E-state index >= 15 is 0 Å². The van der Waals surface area contributed by atoms with E-state index in [1.54, 1.807) is 18.3 Å². The first-order valence-corrected chi connectivity index (χ1v) is 12.7. The van der Waals surface area contributed by atoms with Gasteiger partial charge in [-0.3, -0.25) is 19.1 Å². The van der Waals surface area contributed by atoms with E-state index in [1.165, 1.54) is 10.1 Å². The quantitative estimate of drug-likeness (QED) is 0.261. The maximum Gasteiger partial charge on any atom is 0.273 e. The van der Waals surface area contributed by atoms with Gasteiger partial charge in [-0.25, -0.2) is 4.98 Å². The van der Waals surface area contributed by atoms with Crippen molar-refractivity contribution in [2.45, 2.75) is 32.4 Å². The lowest BCUT2D eigenvalue weighted by molar-refractivity contribution is -0.121. The number of aromatic amines is 1. The number of nitrogen functional groups attached to an aromatic ring is 1. The molecule has 5 rings (SSSR count). The molecule has 0 fully saturated rings. The Balaban J connectivity index is 1.34. The Kier molecular flexibility index (Phi) is 7.51. The molecule has 8 nitrogen and oxygen atoms in total. The summed E-state index contributed by atoms with van der Waals surface area (Å²) in [5, 5.41) is 3.50. The molecule has 5 aromatic rings. The summed E-state index contributed by atoms with van der Waals surface area (Å²) < 4.78 is 1.49. The maximum atomic E-state index is 13.5. The van der Waals surface area contributed by atoms with Crippen LogP contribution in [-0.2, 0) is 30.7 Å². The number of benzene rings is 3. The first kappa shape index (κ1) is 25.2. The number of imidazole rings is 1. The van der Waals surface area contributed by atoms with Crippen LogP contribution in [0.1, 0.15) is 23.2 Å². The minimum absolute atomic E-state index is 0.135. The lowest BCUT2D eigenvalue weighted by Gasteiger charge is -2.15. The molecule has 0 spiro atoms. The van der Waals surface area contributed by atoms with Gasteiger partial charge >= 0.3 is 0 Å². The second-order valence-electron chi connectivity index (χ2n) is 9.08. The van der Waals surface area contributed by atoms with Crippen molar-refractivity contribution >= 4 is 34.5 Å². The number of carbonyl (C=O) groups excluding carboxylic acids is 1. The van der Waals surface area contributed by atoms with Crippen LogP contribution >= 0.6 is 11.6 Å². The molecule has 4 N–H and O–H groups in total. The number of aromatic nitrogens is 4. The van der Waals surface area contributed by atoms with Crippen LogP contribution in [0.2, 0.25) is 5.02 Å². The van der Waals surface area contributed by atoms with Gasteiger partial charge in [0.1, 0.15) is 12.2 Å². The maximum absolute atomic E-state index is 13.5. The number of anilines is 1. The standard InChI is InChI=1S/C29H27ClN6O2/c30-22-12-10-21(11-13-22)26-17-32-24(8-4-7-19-5-2-1-3-6-19)28(38)36(26)18-27(37)33-16-20-9-14-23-25(15-20)35-29(31)34-23/h1-3,5-6,9-15,17H,4,7-8,16,18H2,(H,33,37)(H3,31,34,35). The van der Waals surface area contributed by atoms with E-state index in [1.807, 2.05) is 48.5 Å². The molecule has 0 radical (unpaired) electrons. The summed E-state index contributed by atoms with van der Waals surface area (Å²) in [6.45, 7) is 0.165. The SMILES string of the molecule is Nc1nc2ccc(CNC(=O)Cn3c(-c4ccc(Cl)cc4)cnc(CCCc4ccccc4)c3=O)cc2[nH]1. The zero-order chi connectivity index (χ0) is 26.5. The number of nitrogens with zero attached hydrogens (tertiary/aromatic N) is 3. The fourth-order valence-electron chi connectivity index (χ4n) is 4.40. The van der Waals surface area contributed by atoms with Gasteiger partial charge in [-0.1, -0.05) is 60.1 Å². The second-order valence-corrected chi connectivity index (χ2v) is 9.51. The molecule has 0 bridgehead atoms. The summed E-state index contributed by atoms with van der Waals surface area (Å²) in [5.74, 6) is 0.0560. The van der Waals surface area contributed by atoms with E-state index in [4.69, 9.17) is 17.3 Å². The number of hydrogen-bond acceptors (Lipinski definition) is 5. The molecule has 9 heteroatoms. The summed E-state index contributed by atoms with van der Waals surface area (Å²) >= 11 is 6.06. The van der Waals surface area contributed by atoms with Gasteiger partial charge in [-0.2, -0.15) is 0 Å². The van der Waals surface area contributed by atoms with Crippen molar-refractivity contribution in [3.05, 3.63) is 111 Å². The highest BCUT2D eigenvalue weighted by molar-refractivity contribution is 6.30. The first-order valence-electron chi connectivity index (χ1n) is 12.4. The molecular weight excluding hydrogens is 500 g/mol. The summed E-state index contributed by atoms with van der Waals surface area (Å²) in [6, 6.07) is 22.9. The fourth-order valence-corrected chi connectivity index (χ4v) is 4.53. The number of H-pyrrole nitrogens is 1. The Morgan fingerprint density at radius 3 is 2.58 bits per heavy atom. The lowest BCUT2D eigenvalue weighted by atomic mass is 10.1. The lowest BCUT2D eigenvalue weighted by Crippen LogP contribution is -2.34. The van der Waals surface area contributed by atoms with Crippen LogP contribution in [0.4, 0.5) is 5.95 Å². The highest BCUT2D eigenvalue weighted by atomic mass is 35.5. The van der Waals surface area contributed by atoms with E-state index in [0.717, 1.165) is 35.0 Å². The van der Waals surface area contributed by atoms with Gasteiger partial charge in [-0.05, 0) is 60.2 Å². The zero-order valence-corrected chi connectivity index (χ0v) is 21.4. The van der Waals surface area contributed by atoms with Crippen molar-refractivity contribution in [3.8, 4) is 11.3 Å². The Bertz CT molecular complexity index is 1630. The van der Waals surface area contributed by atoms with Crippen LogP contribution in [-0.4, -0.2) is 25.4 Å². The molecule has 0 atom stereocenters. The van der Waals surface area contributed by atoms with Crippen LogP contribution in [0.25, 0.3) is 22.3 Å². The van der Waals surface area contributed by atoms with Crippen LogP contribution in [0.15, 0.2) is 83.8 Å². The van der Waals surface area contributed by atoms with Crippen molar-refractivity contribution in [2.24, 2.45) is 0 Å². The van der Waals surface area contributed by atoms with Crippen molar-refractivity contribution in [1.82, 2.24) is 24.8 Å². The molecule has 0 saturated carbocycles. The minimum atomic E-state index is -0.284. The van der Waals surface area contributed by atoms with E-state index in [0.29, 0.717) is 35.3 Å². The van der Waals surface area contributed by atoms with Crippen LogP contribution < -0.4 is 16.6 Å². The smallest absolute Gasteiger partial charge is 0.273 e. The fraction of sp³-hybridized carbons (Fsp3) is 0.172. The summed E-state index contributed by atoms with van der Waals surface area (Å²) in [5.41, 5.74) is 10.9. The highest BCUT2D eigenvalue weighted by Crippen LogP contribution is 2.21. The molecule has 192 valence electrons. The Hall–Kier alpha value is -4.43. The Morgan fingerprint density at radius 1 is 1.00 bits per heavy atom. The van der Waals surface area contributed by atoms with Crippen LogP contribution in [0, 0.1) is 0 Å². The van der Waals surface area contributed by atoms with E-state index in [2.05, 4.69) is 32.4 Å². The number of hydrogen-bond donors (Lipinski definition) is 3. The number of halogens is 1. The van der Waals surface area contributed by atoms with E-state index in [-0.39, 0.29) is 18.0 Å². The molecule has 3 aromatic carbocycles. The van der Waals surface area contributed by atoms with Gasteiger partial charge in [0, 0.05) is 11.6 Å². The number of rotatable bonds is 9. The van der Waals surface area contributed by atoms with E-state index in [9.17, 15) is 9.59 Å². The molecule has 38 heavy (non-hydrogen) atoms. The predicted octanol–water partition coefficient (Wildman–Crippen LogP) is 4.51. The predicted molar refractivity (Wildman–Crippen MR) is 150 cm³/mol. The van der Waals surface area contributed by atoms with Crippen molar-refractivity contribution < 1.29 is 4.79 Å². The number of fused-ring (bicyclic) bond motifs is 1. The van der Waals surface area contributed by atoms with E-state index < -0.39 is 0 Å². The normalized spacial score (nSPS) is 11.1. The molecule has 2 heterocycles. The largest absolute Gasteiger partial charge is 0.369 e. The number of aryl methyl sites for hydroxylation is 2. The number of nitrogens with one attached hydrogen (secondary N) is 2. The van der Waals surface area contributed by atoms with Crippen molar-refractivity contribution in [1.29, 1.82) is 0 Å². The Labute approximate surface area is 224 Å². The van der Waals surface area contributed by atoms with Crippen molar-refractivity contribution in [2.75, 3.05) is 5.73 Å². The second kappa shape index (κ2) is 11.3. The molecule has 0 aliphatic rings. The molecule has 2 aromatic heterocycles. The van der Waals surface area contributed by atoms with Crippen LogP contribution in [0.3, 0.4) is 0 Å². The molecular formula is C29H27ClN6O2. The van der Waals surface area contributed by atoms with Crippen molar-refractivity contribution in [3.63, 3.8) is 0 Å². The highest BCUT2D eigenvalue weighted by Gasteiger charge is 2.15. The van der Waals surface area contributed by atoms with Crippen LogP contribution in [0.5, 0.6) is 0 Å². The average Bonchev–Trinajstić information content (AvgIpc) is 3.30. The molecule has 1 amide bonds. The van der Waals surface area contributed by atoms with Gasteiger partial charge in [0.15, 0.2) is 5.95 Å². The third-order valence-corrected chi connectivity index (χ3v) is 6.60. The molecule has 0 aliphatic heterocycles. The topological polar surface area (TPSA) is 119 Å². The molecule has 0 saturated heterocycles. The van der Waals surface area contributed by atoms with Gasteiger partial charge in [0.25, 0.3) is 5.56 Å². The summed E-state index contributed by atoms with van der Waals surface area (Å²) in [4.78, 5) is 38.2. The number of nitrogens with two attached hydrogens (primary N) is 1. The third-order valence-electron chi connectivity index (χ3n) is 6.34. The van der Waals surface area contributed by atoms with Gasteiger partial charge in [0.2, 0.25) is 5.91 Å². The van der Waals surface area contributed by atoms with Gasteiger partial charge < -0.3 is 16.0 Å². The molecule has 0 aliphatic carbocycles. The zero-order valence-electron chi connectivity index (χ0n) is 20.7. The monoisotopic (exact) mass is 526 g/mol. The van der Waals surface area contributed by atoms with Gasteiger partial charge in [-0.15, -0.1) is 0 Å².